The lowest BCUT2D eigenvalue weighted by molar-refractivity contribution is -0.117. The van der Waals surface area contributed by atoms with E-state index < -0.39 is 0 Å². The van der Waals surface area contributed by atoms with Gasteiger partial charge >= 0.3 is 0 Å². The second-order valence-corrected chi connectivity index (χ2v) is 2.45. The van der Waals surface area contributed by atoms with Gasteiger partial charge in [0.15, 0.2) is 0 Å². The SMILES string of the molecule is Br.NC(=O)CCc1ccccc1. The van der Waals surface area contributed by atoms with Crippen LogP contribution in [0.4, 0.5) is 0 Å². The maximum absolute atomic E-state index is 10.4. The third-order valence-electron chi connectivity index (χ3n) is 1.50. The van der Waals surface area contributed by atoms with Crippen molar-refractivity contribution in [3.63, 3.8) is 0 Å². The maximum Gasteiger partial charge on any atom is 0.217 e. The van der Waals surface area contributed by atoms with Gasteiger partial charge in [0.05, 0.1) is 0 Å². The maximum atomic E-state index is 10.4. The van der Waals surface area contributed by atoms with Crippen molar-refractivity contribution < 1.29 is 4.79 Å². The van der Waals surface area contributed by atoms with Crippen LogP contribution in [0.5, 0.6) is 0 Å². The summed E-state index contributed by atoms with van der Waals surface area (Å²) in [4.78, 5) is 10.4. The number of amides is 1. The Labute approximate surface area is 82.5 Å². The molecule has 2 N–H and O–H groups in total. The van der Waals surface area contributed by atoms with Gasteiger partial charge in [0.25, 0.3) is 0 Å². The molecule has 0 heterocycles. The molecule has 1 rings (SSSR count). The van der Waals surface area contributed by atoms with E-state index >= 15 is 0 Å². The summed E-state index contributed by atoms with van der Waals surface area (Å²) in [6, 6.07) is 9.84. The Bertz CT molecular complexity index is 236. The first-order valence-electron chi connectivity index (χ1n) is 3.61. The van der Waals surface area contributed by atoms with Crippen LogP contribution in [-0.2, 0) is 11.2 Å². The van der Waals surface area contributed by atoms with Gasteiger partial charge in [0.1, 0.15) is 0 Å². The molecule has 3 heteroatoms. The number of carbonyl (C=O) groups is 1. The molecule has 0 atom stereocenters. The standard InChI is InChI=1S/C9H11NO.BrH/c10-9(11)7-6-8-4-2-1-3-5-8;/h1-5H,6-7H2,(H2,10,11);1H. The monoisotopic (exact) mass is 229 g/mol. The van der Waals surface area contributed by atoms with Crippen molar-refractivity contribution in [3.05, 3.63) is 35.9 Å². The Balaban J connectivity index is 0.00000121. The van der Waals surface area contributed by atoms with Crippen LogP contribution in [-0.4, -0.2) is 5.91 Å². The fourth-order valence-electron chi connectivity index (χ4n) is 0.912. The highest BCUT2D eigenvalue weighted by Crippen LogP contribution is 2.00. The normalized spacial score (nSPS) is 8.67. The lowest BCUT2D eigenvalue weighted by atomic mass is 10.1. The Hall–Kier alpha value is -0.830. The van der Waals surface area contributed by atoms with Crippen molar-refractivity contribution in [2.24, 2.45) is 5.73 Å². The molecule has 0 fully saturated rings. The molecule has 0 unspecified atom stereocenters. The van der Waals surface area contributed by atoms with Gasteiger partial charge < -0.3 is 5.73 Å². The average molecular weight is 230 g/mol. The fourth-order valence-corrected chi connectivity index (χ4v) is 0.912. The topological polar surface area (TPSA) is 43.1 Å². The molecule has 1 aromatic rings. The molecule has 12 heavy (non-hydrogen) atoms. The van der Waals surface area contributed by atoms with E-state index in [1.54, 1.807) is 0 Å². The first kappa shape index (κ1) is 11.2. The molecule has 0 saturated heterocycles. The highest BCUT2D eigenvalue weighted by molar-refractivity contribution is 8.93. The quantitative estimate of drug-likeness (QED) is 0.843. The molecular formula is C9H12BrNO. The fraction of sp³-hybridized carbons (Fsp3) is 0.222. The molecule has 0 aliphatic heterocycles. The van der Waals surface area contributed by atoms with Crippen LogP contribution >= 0.6 is 17.0 Å². The molecule has 0 radical (unpaired) electrons. The molecule has 1 aromatic carbocycles. The molecular weight excluding hydrogens is 218 g/mol. The molecule has 66 valence electrons. The molecule has 0 bridgehead atoms. The summed E-state index contributed by atoms with van der Waals surface area (Å²) in [6.45, 7) is 0. The van der Waals surface area contributed by atoms with Crippen LogP contribution in [0.15, 0.2) is 30.3 Å². The smallest absolute Gasteiger partial charge is 0.217 e. The lowest BCUT2D eigenvalue weighted by Crippen LogP contribution is -2.10. The zero-order valence-corrected chi connectivity index (χ0v) is 8.41. The number of hydrogen-bond donors (Lipinski definition) is 1. The molecule has 0 aliphatic rings. The Morgan fingerprint density at radius 1 is 1.25 bits per heavy atom. The van der Waals surface area contributed by atoms with E-state index in [2.05, 4.69) is 0 Å². The number of benzene rings is 1. The van der Waals surface area contributed by atoms with Gasteiger partial charge in [-0.2, -0.15) is 0 Å². The van der Waals surface area contributed by atoms with Gasteiger partial charge in [-0.1, -0.05) is 30.3 Å². The highest BCUT2D eigenvalue weighted by atomic mass is 79.9. The molecule has 2 nitrogen and oxygen atoms in total. The molecule has 1 amide bonds. The number of aryl methyl sites for hydroxylation is 1. The third kappa shape index (κ3) is 4.13. The number of primary amides is 1. The van der Waals surface area contributed by atoms with Crippen LogP contribution in [0.3, 0.4) is 0 Å². The summed E-state index contributed by atoms with van der Waals surface area (Å²) >= 11 is 0. The zero-order chi connectivity index (χ0) is 8.10. The van der Waals surface area contributed by atoms with E-state index in [1.165, 1.54) is 0 Å². The predicted molar refractivity (Wildman–Crippen MR) is 54.3 cm³/mol. The average Bonchev–Trinajstić information content (AvgIpc) is 2.03. The first-order valence-corrected chi connectivity index (χ1v) is 3.61. The minimum Gasteiger partial charge on any atom is -0.370 e. The minimum absolute atomic E-state index is 0. The number of hydrogen-bond acceptors (Lipinski definition) is 1. The number of nitrogens with two attached hydrogens (primary N) is 1. The summed E-state index contributed by atoms with van der Waals surface area (Å²) in [6.07, 6.45) is 1.18. The Kier molecular flexibility index (Phi) is 5.37. The summed E-state index contributed by atoms with van der Waals surface area (Å²) in [5, 5.41) is 0. The van der Waals surface area contributed by atoms with E-state index in [4.69, 9.17) is 5.73 Å². The van der Waals surface area contributed by atoms with Crippen molar-refractivity contribution in [3.8, 4) is 0 Å². The van der Waals surface area contributed by atoms with Crippen molar-refractivity contribution in [1.82, 2.24) is 0 Å². The van der Waals surface area contributed by atoms with Gasteiger partial charge in [0.2, 0.25) is 5.91 Å². The van der Waals surface area contributed by atoms with Gasteiger partial charge in [0, 0.05) is 6.42 Å². The zero-order valence-electron chi connectivity index (χ0n) is 6.69. The van der Waals surface area contributed by atoms with E-state index in [1.807, 2.05) is 30.3 Å². The van der Waals surface area contributed by atoms with Crippen molar-refractivity contribution >= 4 is 22.9 Å². The molecule has 0 aromatic heterocycles. The largest absolute Gasteiger partial charge is 0.370 e. The number of halogens is 1. The van der Waals surface area contributed by atoms with Crippen molar-refractivity contribution in [1.29, 1.82) is 0 Å². The van der Waals surface area contributed by atoms with Crippen molar-refractivity contribution in [2.75, 3.05) is 0 Å². The van der Waals surface area contributed by atoms with E-state index in [-0.39, 0.29) is 22.9 Å². The second kappa shape index (κ2) is 5.77. The van der Waals surface area contributed by atoms with Gasteiger partial charge in [-0.25, -0.2) is 0 Å². The molecule has 0 aliphatic carbocycles. The van der Waals surface area contributed by atoms with Crippen LogP contribution in [0.2, 0.25) is 0 Å². The van der Waals surface area contributed by atoms with E-state index in [9.17, 15) is 4.79 Å². The van der Waals surface area contributed by atoms with Gasteiger partial charge in [-0.15, -0.1) is 17.0 Å². The van der Waals surface area contributed by atoms with E-state index in [0.29, 0.717) is 6.42 Å². The second-order valence-electron chi connectivity index (χ2n) is 2.45. The Morgan fingerprint density at radius 3 is 2.33 bits per heavy atom. The minimum atomic E-state index is -0.242. The third-order valence-corrected chi connectivity index (χ3v) is 1.50. The summed E-state index contributed by atoms with van der Waals surface area (Å²) in [5.74, 6) is -0.242. The van der Waals surface area contributed by atoms with Crippen LogP contribution in [0.25, 0.3) is 0 Å². The van der Waals surface area contributed by atoms with Crippen LogP contribution in [0, 0.1) is 0 Å². The molecule has 0 saturated carbocycles. The lowest BCUT2D eigenvalue weighted by Gasteiger charge is -1.96. The number of rotatable bonds is 3. The Morgan fingerprint density at radius 2 is 1.83 bits per heavy atom. The predicted octanol–water partition coefficient (Wildman–Crippen LogP) is 1.68. The van der Waals surface area contributed by atoms with Crippen LogP contribution in [0.1, 0.15) is 12.0 Å². The first-order chi connectivity index (χ1) is 5.29. The van der Waals surface area contributed by atoms with Gasteiger partial charge in [-0.05, 0) is 12.0 Å². The van der Waals surface area contributed by atoms with Gasteiger partial charge in [-0.3, -0.25) is 4.79 Å². The van der Waals surface area contributed by atoms with Crippen molar-refractivity contribution in [2.45, 2.75) is 12.8 Å². The summed E-state index contributed by atoms with van der Waals surface area (Å²) in [5.41, 5.74) is 6.16. The van der Waals surface area contributed by atoms with Crippen LogP contribution < -0.4 is 5.73 Å². The summed E-state index contributed by atoms with van der Waals surface area (Å²) < 4.78 is 0. The highest BCUT2D eigenvalue weighted by Gasteiger charge is 1.94. The molecule has 0 spiro atoms. The number of carbonyl (C=O) groups excluding carboxylic acids is 1. The van der Waals surface area contributed by atoms with E-state index in [0.717, 1.165) is 12.0 Å². The summed E-state index contributed by atoms with van der Waals surface area (Å²) in [7, 11) is 0.